The molecule has 1 atom stereocenters. The zero-order chi connectivity index (χ0) is 32.9. The number of halogens is 2. The number of hydrogen-bond acceptors (Lipinski definition) is 5. The van der Waals surface area contributed by atoms with Gasteiger partial charge in [-0.05, 0) is 80.6 Å². The van der Waals surface area contributed by atoms with Crippen molar-refractivity contribution in [1.29, 1.82) is 0 Å². The van der Waals surface area contributed by atoms with Crippen molar-refractivity contribution in [2.75, 3.05) is 6.61 Å². The number of esters is 1. The van der Waals surface area contributed by atoms with E-state index in [-0.39, 0.29) is 12.2 Å². The SMILES string of the molecule is CCOC(=O)C1=C(C)N=c2s/c(=C\c3c(C)n(Cc4ccc(Cl)cc4Cl)c4ccc(C)cc34)c(=O)n2[C@H]1c1ccc(C(C)C)cc1. The zero-order valence-corrected chi connectivity index (χ0v) is 29.0. The fourth-order valence-electron chi connectivity index (χ4n) is 6.13. The number of hydrogen-bond donors (Lipinski definition) is 0. The van der Waals surface area contributed by atoms with E-state index < -0.39 is 12.0 Å². The van der Waals surface area contributed by atoms with Gasteiger partial charge in [0.05, 0.1) is 28.5 Å². The lowest BCUT2D eigenvalue weighted by Gasteiger charge is -2.25. The quantitative estimate of drug-likeness (QED) is 0.166. The molecule has 236 valence electrons. The monoisotopic (exact) mass is 671 g/mol. The molecular formula is C37H35Cl2N3O3S. The van der Waals surface area contributed by atoms with Gasteiger partial charge in [-0.2, -0.15) is 0 Å². The number of aryl methyl sites for hydroxylation is 1. The molecule has 0 spiro atoms. The highest BCUT2D eigenvalue weighted by Crippen LogP contribution is 2.33. The van der Waals surface area contributed by atoms with Gasteiger partial charge in [-0.25, -0.2) is 9.79 Å². The number of nitrogens with zero attached hydrogens (tertiary/aromatic N) is 3. The first-order chi connectivity index (χ1) is 22.0. The Bertz CT molecular complexity index is 2220. The molecule has 0 amide bonds. The van der Waals surface area contributed by atoms with E-state index in [0.29, 0.717) is 43.1 Å². The third-order valence-corrected chi connectivity index (χ3v) is 10.2. The number of thiazole rings is 1. The van der Waals surface area contributed by atoms with Crippen molar-refractivity contribution in [1.82, 2.24) is 9.13 Å². The Hall–Kier alpha value is -3.91. The number of aromatic nitrogens is 2. The summed E-state index contributed by atoms with van der Waals surface area (Å²) in [4.78, 5) is 33.0. The molecule has 6 nitrogen and oxygen atoms in total. The summed E-state index contributed by atoms with van der Waals surface area (Å²) in [5.74, 6) is -0.117. The van der Waals surface area contributed by atoms with E-state index in [9.17, 15) is 9.59 Å². The van der Waals surface area contributed by atoms with Crippen molar-refractivity contribution in [2.45, 2.75) is 60.0 Å². The van der Waals surface area contributed by atoms with E-state index in [1.54, 1.807) is 24.5 Å². The molecule has 0 N–H and O–H groups in total. The van der Waals surface area contributed by atoms with E-state index in [1.165, 1.54) is 16.9 Å². The van der Waals surface area contributed by atoms with Crippen molar-refractivity contribution in [3.63, 3.8) is 0 Å². The molecule has 0 fully saturated rings. The predicted molar refractivity (Wildman–Crippen MR) is 188 cm³/mol. The van der Waals surface area contributed by atoms with Crippen molar-refractivity contribution < 1.29 is 9.53 Å². The molecule has 5 aromatic rings. The van der Waals surface area contributed by atoms with Gasteiger partial charge < -0.3 is 9.30 Å². The van der Waals surface area contributed by atoms with Gasteiger partial charge in [0, 0.05) is 38.8 Å². The maximum absolute atomic E-state index is 14.4. The molecule has 2 aromatic heterocycles. The van der Waals surface area contributed by atoms with Crippen LogP contribution >= 0.6 is 34.5 Å². The van der Waals surface area contributed by atoms with E-state index in [0.717, 1.165) is 38.9 Å². The third kappa shape index (κ3) is 5.76. The highest BCUT2D eigenvalue weighted by atomic mass is 35.5. The zero-order valence-electron chi connectivity index (χ0n) is 26.7. The molecule has 1 aliphatic rings. The standard InChI is InChI=1S/C37H35Cl2N3O3S/c1-7-45-36(44)33-22(5)40-37-42(34(33)25-11-9-24(10-12-25)20(2)3)35(43)32(46-37)18-28-23(6)41(31-15-8-21(4)16-29(28)31)19-26-13-14-27(38)17-30(26)39/h8-18,20,34H,7,19H2,1-6H3/b32-18-/t34-/m0/s1. The lowest BCUT2D eigenvalue weighted by atomic mass is 9.93. The molecular weight excluding hydrogens is 637 g/mol. The van der Waals surface area contributed by atoms with E-state index >= 15 is 0 Å². The fourth-order valence-corrected chi connectivity index (χ4v) is 7.63. The van der Waals surface area contributed by atoms with Crippen molar-refractivity contribution in [3.05, 3.63) is 135 Å². The van der Waals surface area contributed by atoms with Crippen LogP contribution in [0.15, 0.2) is 81.7 Å². The van der Waals surface area contributed by atoms with Crippen LogP contribution in [-0.4, -0.2) is 21.7 Å². The van der Waals surface area contributed by atoms with Gasteiger partial charge in [0.1, 0.15) is 0 Å². The average molecular weight is 673 g/mol. The van der Waals surface area contributed by atoms with Crippen LogP contribution in [0, 0.1) is 13.8 Å². The van der Waals surface area contributed by atoms with Crippen molar-refractivity contribution in [2.24, 2.45) is 4.99 Å². The second-order valence-electron chi connectivity index (χ2n) is 12.0. The maximum Gasteiger partial charge on any atom is 0.338 e. The van der Waals surface area contributed by atoms with E-state index in [4.69, 9.17) is 32.9 Å². The Morgan fingerprint density at radius 2 is 1.78 bits per heavy atom. The summed E-state index contributed by atoms with van der Waals surface area (Å²) in [6, 6.07) is 19.3. The Kier molecular flexibility index (Phi) is 8.85. The largest absolute Gasteiger partial charge is 0.463 e. The molecule has 9 heteroatoms. The summed E-state index contributed by atoms with van der Waals surface area (Å²) >= 11 is 14.1. The Balaban J connectivity index is 1.55. The smallest absolute Gasteiger partial charge is 0.338 e. The Morgan fingerprint density at radius 3 is 2.46 bits per heavy atom. The molecule has 3 heterocycles. The number of rotatable bonds is 7. The fraction of sp³-hybridized carbons (Fsp3) is 0.270. The van der Waals surface area contributed by atoms with E-state index in [2.05, 4.69) is 62.6 Å². The van der Waals surface area contributed by atoms with Gasteiger partial charge in [-0.3, -0.25) is 9.36 Å². The van der Waals surface area contributed by atoms with Crippen molar-refractivity contribution >= 4 is 57.5 Å². The highest BCUT2D eigenvalue weighted by Gasteiger charge is 2.33. The van der Waals surface area contributed by atoms with Crippen molar-refractivity contribution in [3.8, 4) is 0 Å². The van der Waals surface area contributed by atoms with Crippen LogP contribution in [0.2, 0.25) is 10.0 Å². The summed E-state index contributed by atoms with van der Waals surface area (Å²) in [5, 5.41) is 2.23. The minimum absolute atomic E-state index is 0.204. The summed E-state index contributed by atoms with van der Waals surface area (Å²) < 4.78 is 9.87. The first-order valence-electron chi connectivity index (χ1n) is 15.3. The molecule has 0 radical (unpaired) electrons. The third-order valence-electron chi connectivity index (χ3n) is 8.58. The minimum Gasteiger partial charge on any atom is -0.463 e. The van der Waals surface area contributed by atoms with Crippen LogP contribution in [0.5, 0.6) is 0 Å². The molecule has 0 saturated heterocycles. The van der Waals surface area contributed by atoms with Gasteiger partial charge in [-0.15, -0.1) is 0 Å². The number of ether oxygens (including phenoxy) is 1. The van der Waals surface area contributed by atoms with Gasteiger partial charge in [-0.1, -0.05) is 90.3 Å². The highest BCUT2D eigenvalue weighted by molar-refractivity contribution is 7.07. The topological polar surface area (TPSA) is 65.6 Å². The lowest BCUT2D eigenvalue weighted by molar-refractivity contribution is -0.139. The van der Waals surface area contributed by atoms with E-state index in [1.807, 2.05) is 30.3 Å². The summed E-state index contributed by atoms with van der Waals surface area (Å²) in [6.07, 6.45) is 1.96. The molecule has 6 rings (SSSR count). The number of carbonyl (C=O) groups excluding carboxylic acids is 1. The number of carbonyl (C=O) groups is 1. The number of fused-ring (bicyclic) bond motifs is 2. The second-order valence-corrected chi connectivity index (χ2v) is 13.8. The van der Waals surface area contributed by atoms with Gasteiger partial charge in [0.15, 0.2) is 4.80 Å². The van der Waals surface area contributed by atoms with Crippen LogP contribution in [-0.2, 0) is 16.1 Å². The predicted octanol–water partition coefficient (Wildman–Crippen LogP) is 7.85. The molecule has 0 bridgehead atoms. The average Bonchev–Trinajstić information content (AvgIpc) is 3.45. The van der Waals surface area contributed by atoms with Gasteiger partial charge in [0.25, 0.3) is 5.56 Å². The van der Waals surface area contributed by atoms with Crippen LogP contribution < -0.4 is 14.9 Å². The maximum atomic E-state index is 14.4. The first kappa shape index (κ1) is 32.0. The number of benzene rings is 3. The van der Waals surface area contributed by atoms with Crippen LogP contribution in [0.3, 0.4) is 0 Å². The Labute approximate surface area is 281 Å². The molecule has 3 aromatic carbocycles. The Morgan fingerprint density at radius 1 is 1.04 bits per heavy atom. The number of allylic oxidation sites excluding steroid dienone is 1. The van der Waals surface area contributed by atoms with Crippen LogP contribution in [0.1, 0.15) is 73.2 Å². The van der Waals surface area contributed by atoms with Crippen LogP contribution in [0.25, 0.3) is 17.0 Å². The van der Waals surface area contributed by atoms with Gasteiger partial charge >= 0.3 is 5.97 Å². The first-order valence-corrected chi connectivity index (χ1v) is 16.9. The minimum atomic E-state index is -0.657. The molecule has 0 aliphatic carbocycles. The van der Waals surface area contributed by atoms with Gasteiger partial charge in [0.2, 0.25) is 0 Å². The molecule has 46 heavy (non-hydrogen) atoms. The summed E-state index contributed by atoms with van der Waals surface area (Å²) in [6.45, 7) is 12.7. The van der Waals surface area contributed by atoms with Crippen LogP contribution in [0.4, 0.5) is 0 Å². The summed E-state index contributed by atoms with van der Waals surface area (Å²) in [7, 11) is 0. The molecule has 1 aliphatic heterocycles. The summed E-state index contributed by atoms with van der Waals surface area (Å²) in [5.41, 5.74) is 7.78. The molecule has 0 unspecified atom stereocenters. The second kappa shape index (κ2) is 12.7. The molecule has 0 saturated carbocycles. The normalized spacial score (nSPS) is 15.1. The lowest BCUT2D eigenvalue weighted by Crippen LogP contribution is -2.40.